The van der Waals surface area contributed by atoms with Crippen LogP contribution in [0.4, 0.5) is 0 Å². The summed E-state index contributed by atoms with van der Waals surface area (Å²) in [4.78, 5) is 2.62. The molecular formula is C32H29O3S2+. The second kappa shape index (κ2) is 10.4. The van der Waals surface area contributed by atoms with Gasteiger partial charge in [-0.15, -0.1) is 0 Å². The van der Waals surface area contributed by atoms with E-state index in [0.717, 1.165) is 42.5 Å². The van der Waals surface area contributed by atoms with Gasteiger partial charge in [0.05, 0.1) is 25.0 Å². The van der Waals surface area contributed by atoms with Crippen molar-refractivity contribution in [1.29, 1.82) is 0 Å². The molecule has 0 aliphatic rings. The zero-order chi connectivity index (χ0) is 25.9. The largest absolute Gasteiger partial charge is 0.387 e. The molecule has 0 heterocycles. The Bertz CT molecular complexity index is 1490. The molecule has 0 bridgehead atoms. The van der Waals surface area contributed by atoms with Gasteiger partial charge in [-0.25, -0.2) is 0 Å². The van der Waals surface area contributed by atoms with E-state index in [1.54, 1.807) is 0 Å². The Hall–Kier alpha value is -3.64. The first kappa shape index (κ1) is 25.0. The molecule has 5 rings (SSSR count). The molecule has 1 N–H and O–H groups in total. The Kier molecular flexibility index (Phi) is 7.02. The normalized spacial score (nSPS) is 12.3. The Labute approximate surface area is 221 Å². The molecule has 5 aromatic carbocycles. The van der Waals surface area contributed by atoms with Crippen molar-refractivity contribution in [3.05, 3.63) is 139 Å². The lowest BCUT2D eigenvalue weighted by atomic mass is 10.1. The van der Waals surface area contributed by atoms with Gasteiger partial charge in [0.1, 0.15) is 6.26 Å². The van der Waals surface area contributed by atoms with Crippen LogP contribution in [0.2, 0.25) is 0 Å². The molecule has 0 saturated heterocycles. The standard InChI is InChI=1S/C32H28O3S2/c1-25-13-19-30(20-14-25)37(35-36(2,33)34,31-21-15-28(16-22-31)26-9-5-3-6-10-26)32-23-17-29(18-24-32)27-11-7-4-8-12-27/h3-24H,1-2H3/p+1. The van der Waals surface area contributed by atoms with E-state index >= 15 is 0 Å². The van der Waals surface area contributed by atoms with Crippen LogP contribution in [0.3, 0.4) is 0 Å². The molecule has 5 heteroatoms. The molecule has 0 fully saturated rings. The fraction of sp³-hybridized carbons (Fsp3) is 0.0625. The molecule has 186 valence electrons. The first-order valence-electron chi connectivity index (χ1n) is 12.0. The van der Waals surface area contributed by atoms with Gasteiger partial charge in [0.15, 0.2) is 0 Å². The van der Waals surface area contributed by atoms with E-state index in [1.165, 1.54) is 6.26 Å². The van der Waals surface area contributed by atoms with E-state index < -0.39 is 20.4 Å². The number of hydrogen-bond acceptors (Lipinski definition) is 2. The van der Waals surface area contributed by atoms with Gasteiger partial charge in [-0.05, 0) is 65.6 Å². The smallest absolute Gasteiger partial charge is 0.262 e. The highest BCUT2D eigenvalue weighted by Crippen LogP contribution is 2.68. The SMILES string of the molecule is Cc1ccc(S([OH+]S(C)(=O)=O)(c2ccc(-c3ccccc3)cc2)c2ccc(-c3ccccc3)cc2)cc1. The van der Waals surface area contributed by atoms with Crippen LogP contribution in [0.15, 0.2) is 148 Å². The van der Waals surface area contributed by atoms with Crippen molar-refractivity contribution in [2.45, 2.75) is 21.6 Å². The maximum absolute atomic E-state index is 12.9. The zero-order valence-corrected chi connectivity index (χ0v) is 22.4. The van der Waals surface area contributed by atoms with Crippen molar-refractivity contribution in [3.63, 3.8) is 0 Å². The Morgan fingerprint density at radius 3 is 1.14 bits per heavy atom. The third kappa shape index (κ3) is 5.39. The van der Waals surface area contributed by atoms with Crippen molar-refractivity contribution in [2.24, 2.45) is 0 Å². The Morgan fingerprint density at radius 2 is 0.784 bits per heavy atom. The van der Waals surface area contributed by atoms with Gasteiger partial charge in [-0.1, -0.05) is 103 Å². The fourth-order valence-electron chi connectivity index (χ4n) is 4.43. The molecule has 0 saturated carbocycles. The van der Waals surface area contributed by atoms with Crippen molar-refractivity contribution in [1.82, 2.24) is 0 Å². The highest BCUT2D eigenvalue weighted by atomic mass is 32.3. The van der Waals surface area contributed by atoms with Gasteiger partial charge in [-0.3, -0.25) is 3.63 Å². The quantitative estimate of drug-likeness (QED) is 0.158. The lowest BCUT2D eigenvalue weighted by molar-refractivity contribution is 0.393. The number of rotatable bonds is 7. The minimum Gasteiger partial charge on any atom is -0.262 e. The number of aryl methyl sites for hydroxylation is 1. The van der Waals surface area contributed by atoms with Gasteiger partial charge < -0.3 is 0 Å². The van der Waals surface area contributed by atoms with Crippen LogP contribution in [0.1, 0.15) is 5.56 Å². The molecule has 5 aromatic rings. The molecule has 0 radical (unpaired) electrons. The Morgan fingerprint density at radius 1 is 0.459 bits per heavy atom. The fourth-order valence-corrected chi connectivity index (χ4v) is 9.49. The first-order valence-corrected chi connectivity index (χ1v) is 15.4. The summed E-state index contributed by atoms with van der Waals surface area (Å²) in [5, 5.41) is 0. The van der Waals surface area contributed by atoms with E-state index in [9.17, 15) is 8.42 Å². The van der Waals surface area contributed by atoms with Crippen LogP contribution < -0.4 is 0 Å². The topological polar surface area (TPSA) is 46.9 Å². The summed E-state index contributed by atoms with van der Waals surface area (Å²) in [5.74, 6) is 0. The Balaban J connectivity index is 1.71. The van der Waals surface area contributed by atoms with Crippen molar-refractivity contribution in [2.75, 3.05) is 6.26 Å². The first-order chi connectivity index (χ1) is 17.8. The van der Waals surface area contributed by atoms with Crippen molar-refractivity contribution in [3.8, 4) is 22.3 Å². The van der Waals surface area contributed by atoms with Crippen LogP contribution >= 0.6 is 10.3 Å². The minimum atomic E-state index is -3.70. The maximum atomic E-state index is 12.9. The molecule has 0 amide bonds. The highest BCUT2D eigenvalue weighted by molar-refractivity contribution is 8.32. The monoisotopic (exact) mass is 525 g/mol. The minimum absolute atomic E-state index is 0.869. The van der Waals surface area contributed by atoms with Crippen molar-refractivity contribution >= 4 is 20.4 Å². The average molecular weight is 526 g/mol. The molecule has 3 nitrogen and oxygen atoms in total. The summed E-state index contributed by atoms with van der Waals surface area (Å²) in [7, 11) is -6.17. The second-order valence-electron chi connectivity index (χ2n) is 8.98. The van der Waals surface area contributed by atoms with Gasteiger partial charge >= 0.3 is 10.1 Å². The van der Waals surface area contributed by atoms with E-state index in [-0.39, 0.29) is 0 Å². The van der Waals surface area contributed by atoms with Crippen molar-refractivity contribution < 1.29 is 12.0 Å². The lowest BCUT2D eigenvalue weighted by Gasteiger charge is -2.34. The summed E-state index contributed by atoms with van der Waals surface area (Å²) in [5.41, 5.74) is 5.46. The molecule has 0 aromatic heterocycles. The van der Waals surface area contributed by atoms with Crippen LogP contribution in [-0.2, 0) is 10.1 Å². The highest BCUT2D eigenvalue weighted by Gasteiger charge is 2.41. The van der Waals surface area contributed by atoms with Crippen LogP contribution in [0, 0.1) is 6.92 Å². The van der Waals surface area contributed by atoms with Gasteiger partial charge in [0.25, 0.3) is 0 Å². The second-order valence-corrected chi connectivity index (χ2v) is 13.6. The molecule has 37 heavy (non-hydrogen) atoms. The van der Waals surface area contributed by atoms with E-state index in [4.69, 9.17) is 0 Å². The van der Waals surface area contributed by atoms with Crippen LogP contribution in [-0.4, -0.2) is 18.3 Å². The molecule has 0 spiro atoms. The summed E-state index contributed by atoms with van der Waals surface area (Å²) in [6.07, 6.45) is 1.18. The van der Waals surface area contributed by atoms with E-state index in [2.05, 4.69) is 52.2 Å². The molecule has 0 atom stereocenters. The van der Waals surface area contributed by atoms with Crippen LogP contribution in [0.5, 0.6) is 0 Å². The zero-order valence-electron chi connectivity index (χ0n) is 20.8. The summed E-state index contributed by atoms with van der Waals surface area (Å²) in [6, 6.07) is 44.7. The number of hydrogen-bond donors (Lipinski definition) is 0. The van der Waals surface area contributed by atoms with Gasteiger partial charge in [0, 0.05) is 0 Å². The average Bonchev–Trinajstić information content (AvgIpc) is 2.93. The molecule has 0 aliphatic carbocycles. The van der Waals surface area contributed by atoms with E-state index in [0.29, 0.717) is 0 Å². The summed E-state index contributed by atoms with van der Waals surface area (Å²) in [6.45, 7) is 2.03. The lowest BCUT2D eigenvalue weighted by Crippen LogP contribution is -2.17. The predicted molar refractivity (Wildman–Crippen MR) is 155 cm³/mol. The molecule has 0 unspecified atom stereocenters. The van der Waals surface area contributed by atoms with Gasteiger partial charge in [0.2, 0.25) is 0 Å². The van der Waals surface area contributed by atoms with Crippen LogP contribution in [0.25, 0.3) is 22.3 Å². The summed E-state index contributed by atoms with van der Waals surface area (Å²) >= 11 is 0. The molecule has 0 aliphatic heterocycles. The van der Waals surface area contributed by atoms with Gasteiger partial charge in [-0.2, -0.15) is 8.42 Å². The maximum Gasteiger partial charge on any atom is 0.387 e. The van der Waals surface area contributed by atoms with E-state index in [1.807, 2.05) is 91.9 Å². The number of benzene rings is 5. The summed E-state index contributed by atoms with van der Waals surface area (Å²) < 4.78 is 30.4. The molecular weight excluding hydrogens is 496 g/mol. The predicted octanol–water partition coefficient (Wildman–Crippen LogP) is 8.58. The third-order valence-corrected chi connectivity index (χ3v) is 11.1. The third-order valence-electron chi connectivity index (χ3n) is 6.21.